The number of hydrogen-bond acceptors (Lipinski definition) is 4. The van der Waals surface area contributed by atoms with Gasteiger partial charge in [-0.05, 0) is 37.6 Å². The number of anilines is 1. The lowest BCUT2D eigenvalue weighted by molar-refractivity contribution is -0.116. The van der Waals surface area contributed by atoms with E-state index in [-0.39, 0.29) is 22.5 Å². The molecule has 3 aromatic heterocycles. The van der Waals surface area contributed by atoms with Gasteiger partial charge in [-0.1, -0.05) is 29.3 Å². The number of halogens is 6. The van der Waals surface area contributed by atoms with Gasteiger partial charge in [0.1, 0.15) is 12.2 Å². The summed E-state index contributed by atoms with van der Waals surface area (Å²) in [5.41, 5.74) is 0.0152. The normalized spacial score (nSPS) is 11.7. The number of nitrogens with one attached hydrogen (secondary N) is 1. The minimum atomic E-state index is -3.06. The number of aromatic nitrogens is 5. The molecule has 4 aromatic rings. The van der Waals surface area contributed by atoms with Crippen LogP contribution in [0.5, 0.6) is 0 Å². The number of carbonyl (C=O) groups excluding carboxylic acids is 1. The highest BCUT2D eigenvalue weighted by Crippen LogP contribution is 2.32. The van der Waals surface area contributed by atoms with Gasteiger partial charge in [0, 0.05) is 27.4 Å². The Morgan fingerprint density at radius 2 is 1.77 bits per heavy atom. The van der Waals surface area contributed by atoms with Crippen molar-refractivity contribution in [1.29, 1.82) is 0 Å². The highest BCUT2D eigenvalue weighted by Gasteiger charge is 2.24. The maximum absolute atomic E-state index is 13.5. The molecule has 4 rings (SSSR count). The van der Waals surface area contributed by atoms with Crippen molar-refractivity contribution in [2.75, 3.05) is 5.32 Å². The number of benzene rings is 1. The third-order valence-corrected chi connectivity index (χ3v) is 5.85. The average Bonchev–Trinajstić information content (AvgIpc) is 3.27. The number of hydrogen-bond donors (Lipinski definition) is 1. The lowest BCUT2D eigenvalue weighted by Crippen LogP contribution is -2.20. The Labute approximate surface area is 206 Å². The number of amides is 1. The molecule has 0 saturated heterocycles. The first-order valence-corrected chi connectivity index (χ1v) is 11.0. The van der Waals surface area contributed by atoms with Gasteiger partial charge < -0.3 is 5.32 Å². The smallest absolute Gasteiger partial charge is 0.280 e. The summed E-state index contributed by atoms with van der Waals surface area (Å²) < 4.78 is 56.1. The van der Waals surface area contributed by atoms with E-state index < -0.39 is 36.6 Å². The van der Waals surface area contributed by atoms with E-state index in [4.69, 9.17) is 23.2 Å². The molecule has 0 saturated carbocycles. The van der Waals surface area contributed by atoms with Crippen LogP contribution in [0.15, 0.2) is 30.3 Å². The van der Waals surface area contributed by atoms with Gasteiger partial charge >= 0.3 is 0 Å². The second-order valence-corrected chi connectivity index (χ2v) is 8.64. The summed E-state index contributed by atoms with van der Waals surface area (Å²) in [5, 5.41) is 11.9. The highest BCUT2D eigenvalue weighted by atomic mass is 35.5. The minimum absolute atomic E-state index is 0.0582. The van der Waals surface area contributed by atoms with Crippen LogP contribution < -0.4 is 5.32 Å². The fourth-order valence-electron chi connectivity index (χ4n) is 3.66. The minimum Gasteiger partial charge on any atom is -0.308 e. The topological polar surface area (TPSA) is 77.6 Å². The second-order valence-electron chi connectivity index (χ2n) is 7.79. The fraction of sp³-hybridized carbons (Fsp3) is 0.273. The molecule has 35 heavy (non-hydrogen) atoms. The fourth-order valence-corrected chi connectivity index (χ4v) is 4.13. The molecule has 0 aliphatic heterocycles. The highest BCUT2D eigenvalue weighted by molar-refractivity contribution is 6.35. The number of carbonyl (C=O) groups is 1. The van der Waals surface area contributed by atoms with Gasteiger partial charge in [0.05, 0.1) is 17.6 Å². The molecular formula is C22H18Cl2F4N6O. The largest absolute Gasteiger partial charge is 0.308 e. The van der Waals surface area contributed by atoms with Crippen molar-refractivity contribution in [3.8, 4) is 0 Å². The number of fused-ring (bicyclic) bond motifs is 1. The molecular weight excluding hydrogens is 511 g/mol. The summed E-state index contributed by atoms with van der Waals surface area (Å²) in [7, 11) is 0. The Morgan fingerprint density at radius 3 is 2.43 bits per heavy atom. The Balaban J connectivity index is 1.56. The molecule has 0 unspecified atom stereocenters. The van der Waals surface area contributed by atoms with E-state index in [9.17, 15) is 22.4 Å². The SMILES string of the molecule is Cc1nn(CC(=O)Nc2cc(C)n(Cc3ccc(Cl)cc3Cl)n2)c2nc(C(F)F)cc(C(F)F)c12. The molecule has 3 heterocycles. The summed E-state index contributed by atoms with van der Waals surface area (Å²) in [4.78, 5) is 16.4. The van der Waals surface area contributed by atoms with E-state index in [0.717, 1.165) is 15.9 Å². The van der Waals surface area contributed by atoms with Crippen LogP contribution in [-0.4, -0.2) is 30.5 Å². The molecule has 0 bridgehead atoms. The third-order valence-electron chi connectivity index (χ3n) is 5.26. The third kappa shape index (κ3) is 5.25. The van der Waals surface area contributed by atoms with Gasteiger partial charge in [-0.2, -0.15) is 10.2 Å². The standard InChI is InChI=1S/C22H18Cl2F4N6O/c1-10-5-17(32-33(10)8-12-3-4-13(23)6-15(12)24)30-18(35)9-34-22-19(11(2)31-34)14(20(25)26)7-16(29-22)21(27)28/h3-7,20-21H,8-9H2,1-2H3,(H,30,32,35). The van der Waals surface area contributed by atoms with Crippen LogP contribution in [0.3, 0.4) is 0 Å². The number of alkyl halides is 4. The first-order chi connectivity index (χ1) is 16.5. The predicted molar refractivity (Wildman–Crippen MR) is 123 cm³/mol. The van der Waals surface area contributed by atoms with E-state index >= 15 is 0 Å². The summed E-state index contributed by atoms with van der Waals surface area (Å²) >= 11 is 12.1. The first-order valence-electron chi connectivity index (χ1n) is 10.3. The molecule has 184 valence electrons. The molecule has 0 atom stereocenters. The Kier molecular flexibility index (Phi) is 7.00. The van der Waals surface area contributed by atoms with Gasteiger partial charge in [0.15, 0.2) is 11.5 Å². The van der Waals surface area contributed by atoms with Crippen molar-refractivity contribution in [2.24, 2.45) is 0 Å². The summed E-state index contributed by atoms with van der Waals surface area (Å²) in [5.74, 6) is -0.355. The van der Waals surface area contributed by atoms with Crippen LogP contribution in [-0.2, 0) is 17.9 Å². The maximum Gasteiger partial charge on any atom is 0.280 e. The van der Waals surface area contributed by atoms with Gasteiger partial charge in [-0.3, -0.25) is 9.48 Å². The summed E-state index contributed by atoms with van der Waals surface area (Å²) in [6.07, 6.45) is -6.07. The van der Waals surface area contributed by atoms with Crippen LogP contribution in [0.25, 0.3) is 11.0 Å². The lowest BCUT2D eigenvalue weighted by atomic mass is 10.1. The Bertz CT molecular complexity index is 1420. The van der Waals surface area contributed by atoms with E-state index in [0.29, 0.717) is 22.7 Å². The predicted octanol–water partition coefficient (Wildman–Crippen LogP) is 6.11. The van der Waals surface area contributed by atoms with Gasteiger partial charge in [0.25, 0.3) is 12.9 Å². The van der Waals surface area contributed by atoms with Crippen LogP contribution in [0.2, 0.25) is 10.0 Å². The number of pyridine rings is 1. The average molecular weight is 529 g/mol. The zero-order valence-electron chi connectivity index (χ0n) is 18.4. The van der Waals surface area contributed by atoms with E-state index in [2.05, 4.69) is 20.5 Å². The molecule has 0 fully saturated rings. The molecule has 1 aromatic carbocycles. The van der Waals surface area contributed by atoms with Crippen LogP contribution in [0.1, 0.15) is 41.1 Å². The van der Waals surface area contributed by atoms with Crippen molar-refractivity contribution < 1.29 is 22.4 Å². The number of nitrogens with zero attached hydrogens (tertiary/aromatic N) is 5. The first kappa shape index (κ1) is 24.9. The van der Waals surface area contributed by atoms with Crippen LogP contribution in [0, 0.1) is 13.8 Å². The quantitative estimate of drug-likeness (QED) is 0.293. The molecule has 0 spiro atoms. The molecule has 1 amide bonds. The van der Waals surface area contributed by atoms with E-state index in [1.54, 1.807) is 35.9 Å². The Morgan fingerprint density at radius 1 is 1.03 bits per heavy atom. The molecule has 7 nitrogen and oxygen atoms in total. The Hall–Kier alpha value is -3.18. The van der Waals surface area contributed by atoms with Crippen molar-refractivity contribution in [3.63, 3.8) is 0 Å². The van der Waals surface area contributed by atoms with Crippen molar-refractivity contribution in [2.45, 2.75) is 39.8 Å². The molecule has 0 aliphatic rings. The zero-order valence-corrected chi connectivity index (χ0v) is 19.9. The van der Waals surface area contributed by atoms with Crippen LogP contribution >= 0.6 is 23.2 Å². The van der Waals surface area contributed by atoms with Gasteiger partial charge in [-0.25, -0.2) is 27.2 Å². The monoisotopic (exact) mass is 528 g/mol. The van der Waals surface area contributed by atoms with Gasteiger partial charge in [-0.15, -0.1) is 0 Å². The number of aryl methyl sites for hydroxylation is 2. The zero-order chi connectivity index (χ0) is 25.4. The van der Waals surface area contributed by atoms with Crippen molar-refractivity contribution in [1.82, 2.24) is 24.5 Å². The maximum atomic E-state index is 13.5. The second kappa shape index (κ2) is 9.82. The van der Waals surface area contributed by atoms with Crippen molar-refractivity contribution in [3.05, 3.63) is 68.6 Å². The van der Waals surface area contributed by atoms with Crippen molar-refractivity contribution >= 4 is 46.0 Å². The molecule has 1 N–H and O–H groups in total. The van der Waals surface area contributed by atoms with E-state index in [1.807, 2.05) is 0 Å². The lowest BCUT2D eigenvalue weighted by Gasteiger charge is -2.08. The number of rotatable bonds is 7. The van der Waals surface area contributed by atoms with Crippen LogP contribution in [0.4, 0.5) is 23.4 Å². The van der Waals surface area contributed by atoms with Gasteiger partial charge in [0.2, 0.25) is 5.91 Å². The summed E-state index contributed by atoms with van der Waals surface area (Å²) in [6, 6.07) is 7.38. The van der Waals surface area contributed by atoms with E-state index in [1.165, 1.54) is 6.92 Å². The molecule has 13 heteroatoms. The molecule has 0 aliphatic carbocycles. The summed E-state index contributed by atoms with van der Waals surface area (Å²) in [6.45, 7) is 3.12. The molecule has 0 radical (unpaired) electrons.